The molecule has 2 aromatic carbocycles. The van der Waals surface area contributed by atoms with E-state index in [-0.39, 0.29) is 17.9 Å². The molecule has 2 aromatic rings. The van der Waals surface area contributed by atoms with Crippen LogP contribution >= 0.6 is 0 Å². The van der Waals surface area contributed by atoms with E-state index >= 15 is 0 Å². The molecule has 0 heterocycles. The maximum Gasteiger partial charge on any atom is 0.308 e. The monoisotopic (exact) mass is 271 g/mol. The first-order chi connectivity index (χ1) is 9.49. The molecular weight excluding hydrogens is 254 g/mol. The summed E-state index contributed by atoms with van der Waals surface area (Å²) in [6.45, 7) is 4.70. The summed E-state index contributed by atoms with van der Waals surface area (Å²) >= 11 is 0. The summed E-state index contributed by atoms with van der Waals surface area (Å²) in [7, 11) is 0. The van der Waals surface area contributed by atoms with Gasteiger partial charge in [0.25, 0.3) is 0 Å². The van der Waals surface area contributed by atoms with Crippen molar-refractivity contribution in [1.29, 1.82) is 0 Å². The second-order valence-corrected chi connectivity index (χ2v) is 4.71. The van der Waals surface area contributed by atoms with Crippen LogP contribution in [0.2, 0.25) is 0 Å². The Labute approximate surface area is 117 Å². The van der Waals surface area contributed by atoms with E-state index in [1.165, 1.54) is 13.8 Å². The SMILES string of the molecule is CC(=O)NC(C)c1c(OC(C)=O)ccc2ccccc12. The van der Waals surface area contributed by atoms with Crippen molar-refractivity contribution in [3.63, 3.8) is 0 Å². The number of nitrogens with one attached hydrogen (secondary N) is 1. The normalized spacial score (nSPS) is 11.9. The lowest BCUT2D eigenvalue weighted by atomic mass is 9.98. The Morgan fingerprint density at radius 2 is 1.80 bits per heavy atom. The zero-order chi connectivity index (χ0) is 14.7. The molecule has 1 atom stereocenters. The van der Waals surface area contributed by atoms with Crippen molar-refractivity contribution in [2.24, 2.45) is 0 Å². The van der Waals surface area contributed by atoms with Gasteiger partial charge in [-0.2, -0.15) is 0 Å². The number of hydrogen-bond donors (Lipinski definition) is 1. The highest BCUT2D eigenvalue weighted by molar-refractivity contribution is 5.89. The summed E-state index contributed by atoms with van der Waals surface area (Å²) in [6.07, 6.45) is 0. The first-order valence-corrected chi connectivity index (χ1v) is 6.46. The molecule has 0 aliphatic heterocycles. The van der Waals surface area contributed by atoms with Crippen molar-refractivity contribution in [3.05, 3.63) is 42.0 Å². The Balaban J connectivity index is 2.60. The number of carbonyl (C=O) groups is 2. The highest BCUT2D eigenvalue weighted by Crippen LogP contribution is 2.33. The van der Waals surface area contributed by atoms with Gasteiger partial charge in [-0.05, 0) is 23.8 Å². The molecular formula is C16H17NO3. The first kappa shape index (κ1) is 14.1. The highest BCUT2D eigenvalue weighted by atomic mass is 16.5. The lowest BCUT2D eigenvalue weighted by molar-refractivity contribution is -0.131. The second-order valence-electron chi connectivity index (χ2n) is 4.71. The van der Waals surface area contributed by atoms with E-state index in [1.54, 1.807) is 6.07 Å². The molecule has 4 heteroatoms. The molecule has 0 aliphatic carbocycles. The van der Waals surface area contributed by atoms with E-state index in [4.69, 9.17) is 4.74 Å². The van der Waals surface area contributed by atoms with Crippen LogP contribution in [0.3, 0.4) is 0 Å². The second kappa shape index (κ2) is 5.74. The standard InChI is InChI=1S/C16H17NO3/c1-10(17-11(2)18)16-14-7-5-4-6-13(14)8-9-15(16)20-12(3)19/h4-10H,1-3H3,(H,17,18). The fourth-order valence-corrected chi connectivity index (χ4v) is 2.34. The zero-order valence-electron chi connectivity index (χ0n) is 11.8. The molecule has 0 saturated heterocycles. The van der Waals surface area contributed by atoms with Crippen molar-refractivity contribution in [3.8, 4) is 5.75 Å². The number of ether oxygens (including phenoxy) is 1. The molecule has 0 fully saturated rings. The molecule has 0 saturated carbocycles. The quantitative estimate of drug-likeness (QED) is 0.689. The summed E-state index contributed by atoms with van der Waals surface area (Å²) < 4.78 is 5.27. The Bertz CT molecular complexity index is 664. The van der Waals surface area contributed by atoms with Gasteiger partial charge in [0.1, 0.15) is 5.75 Å². The van der Waals surface area contributed by atoms with Gasteiger partial charge in [0.15, 0.2) is 0 Å². The van der Waals surface area contributed by atoms with Crippen molar-refractivity contribution >= 4 is 22.6 Å². The fraction of sp³-hybridized carbons (Fsp3) is 0.250. The molecule has 0 aromatic heterocycles. The summed E-state index contributed by atoms with van der Waals surface area (Å²) in [4.78, 5) is 22.5. The molecule has 104 valence electrons. The minimum Gasteiger partial charge on any atom is -0.426 e. The fourth-order valence-electron chi connectivity index (χ4n) is 2.34. The van der Waals surface area contributed by atoms with Gasteiger partial charge in [-0.25, -0.2) is 0 Å². The Morgan fingerprint density at radius 3 is 2.45 bits per heavy atom. The van der Waals surface area contributed by atoms with Crippen LogP contribution in [0.25, 0.3) is 10.8 Å². The van der Waals surface area contributed by atoms with Crippen molar-refractivity contribution < 1.29 is 14.3 Å². The third-order valence-corrected chi connectivity index (χ3v) is 3.04. The van der Waals surface area contributed by atoms with E-state index in [9.17, 15) is 9.59 Å². The summed E-state index contributed by atoms with van der Waals surface area (Å²) in [5, 5.41) is 4.84. The van der Waals surface area contributed by atoms with Gasteiger partial charge in [0.2, 0.25) is 5.91 Å². The third-order valence-electron chi connectivity index (χ3n) is 3.04. The molecule has 0 aliphatic rings. The van der Waals surface area contributed by atoms with Crippen molar-refractivity contribution in [2.45, 2.75) is 26.8 Å². The lowest BCUT2D eigenvalue weighted by Gasteiger charge is -2.19. The van der Waals surface area contributed by atoms with Crippen LogP contribution in [-0.2, 0) is 9.59 Å². The van der Waals surface area contributed by atoms with Crippen LogP contribution in [0.5, 0.6) is 5.75 Å². The van der Waals surface area contributed by atoms with Gasteiger partial charge in [-0.3, -0.25) is 9.59 Å². The summed E-state index contributed by atoms with van der Waals surface area (Å²) in [6, 6.07) is 11.2. The maximum atomic E-state index is 11.3. The molecule has 0 radical (unpaired) electrons. The number of hydrogen-bond acceptors (Lipinski definition) is 3. The average molecular weight is 271 g/mol. The van der Waals surface area contributed by atoms with Crippen LogP contribution in [0.1, 0.15) is 32.4 Å². The molecule has 0 bridgehead atoms. The Morgan fingerprint density at radius 1 is 1.10 bits per heavy atom. The number of carbonyl (C=O) groups excluding carboxylic acids is 2. The largest absolute Gasteiger partial charge is 0.426 e. The van der Waals surface area contributed by atoms with Gasteiger partial charge in [0, 0.05) is 19.4 Å². The van der Waals surface area contributed by atoms with Gasteiger partial charge < -0.3 is 10.1 Å². The molecule has 1 unspecified atom stereocenters. The molecule has 2 rings (SSSR count). The van der Waals surface area contributed by atoms with Crippen LogP contribution in [0.4, 0.5) is 0 Å². The first-order valence-electron chi connectivity index (χ1n) is 6.46. The number of fused-ring (bicyclic) bond motifs is 1. The Kier molecular flexibility index (Phi) is 4.03. The van der Waals surface area contributed by atoms with Gasteiger partial charge in [0.05, 0.1) is 6.04 Å². The molecule has 1 N–H and O–H groups in total. The van der Waals surface area contributed by atoms with Crippen LogP contribution in [0.15, 0.2) is 36.4 Å². The Hall–Kier alpha value is -2.36. The summed E-state index contributed by atoms with van der Waals surface area (Å²) in [5.74, 6) is -0.0202. The smallest absolute Gasteiger partial charge is 0.308 e. The van der Waals surface area contributed by atoms with E-state index in [0.717, 1.165) is 16.3 Å². The highest BCUT2D eigenvalue weighted by Gasteiger charge is 2.17. The third kappa shape index (κ3) is 2.96. The predicted molar refractivity (Wildman–Crippen MR) is 77.5 cm³/mol. The van der Waals surface area contributed by atoms with Crippen molar-refractivity contribution in [2.75, 3.05) is 0 Å². The molecule has 4 nitrogen and oxygen atoms in total. The summed E-state index contributed by atoms with van der Waals surface area (Å²) in [5.41, 5.74) is 0.813. The van der Waals surface area contributed by atoms with Gasteiger partial charge in [-0.1, -0.05) is 30.3 Å². The zero-order valence-corrected chi connectivity index (χ0v) is 11.8. The van der Waals surface area contributed by atoms with Crippen LogP contribution in [0, 0.1) is 0 Å². The number of amides is 1. The molecule has 1 amide bonds. The van der Waals surface area contributed by atoms with Crippen LogP contribution in [-0.4, -0.2) is 11.9 Å². The predicted octanol–water partition coefficient (Wildman–Crippen LogP) is 2.96. The average Bonchev–Trinajstić information content (AvgIpc) is 2.36. The number of esters is 1. The van der Waals surface area contributed by atoms with E-state index < -0.39 is 0 Å². The van der Waals surface area contributed by atoms with Gasteiger partial charge >= 0.3 is 5.97 Å². The van der Waals surface area contributed by atoms with E-state index in [0.29, 0.717) is 5.75 Å². The van der Waals surface area contributed by atoms with E-state index in [2.05, 4.69) is 5.32 Å². The topological polar surface area (TPSA) is 55.4 Å². The minimum atomic E-state index is -0.378. The maximum absolute atomic E-state index is 11.3. The molecule has 20 heavy (non-hydrogen) atoms. The van der Waals surface area contributed by atoms with Gasteiger partial charge in [-0.15, -0.1) is 0 Å². The molecule has 0 spiro atoms. The number of benzene rings is 2. The van der Waals surface area contributed by atoms with E-state index in [1.807, 2.05) is 37.3 Å². The van der Waals surface area contributed by atoms with Crippen molar-refractivity contribution in [1.82, 2.24) is 5.32 Å². The van der Waals surface area contributed by atoms with Crippen LogP contribution < -0.4 is 10.1 Å². The lowest BCUT2D eigenvalue weighted by Crippen LogP contribution is -2.24. The minimum absolute atomic E-state index is 0.126. The number of rotatable bonds is 3.